The van der Waals surface area contributed by atoms with Gasteiger partial charge in [-0.25, -0.2) is 13.4 Å². The van der Waals surface area contributed by atoms with Crippen LogP contribution in [-0.4, -0.2) is 30.2 Å². The summed E-state index contributed by atoms with van der Waals surface area (Å²) in [6, 6.07) is 21.9. The van der Waals surface area contributed by atoms with Gasteiger partial charge in [-0.05, 0) is 76.5 Å². The smallest absolute Gasteiger partial charge is 0.257 e. The Balaban J connectivity index is 1.28. The predicted octanol–water partition coefficient (Wildman–Crippen LogP) is 5.41. The minimum absolute atomic E-state index is 0.179. The molecule has 0 atom stereocenters. The molecule has 0 saturated heterocycles. The number of carbonyl (C=O) groups is 1. The van der Waals surface area contributed by atoms with Gasteiger partial charge in [-0.3, -0.25) is 10.1 Å². The molecule has 9 heteroatoms. The number of carbonyl (C=O) groups excluding carboxylic acids is 1. The number of amides is 1. The third-order valence-electron chi connectivity index (χ3n) is 5.71. The molecule has 2 heterocycles. The molecule has 0 bridgehead atoms. The second-order valence-corrected chi connectivity index (χ2v) is 11.9. The van der Waals surface area contributed by atoms with Crippen LogP contribution in [-0.2, 0) is 23.0 Å². The molecule has 0 saturated carbocycles. The molecule has 1 aliphatic rings. The van der Waals surface area contributed by atoms with E-state index in [0.29, 0.717) is 30.2 Å². The number of anilines is 1. The van der Waals surface area contributed by atoms with Gasteiger partial charge in [-0.1, -0.05) is 36.4 Å². The summed E-state index contributed by atoms with van der Waals surface area (Å²) in [5.74, 6) is -0.334. The van der Waals surface area contributed by atoms with E-state index in [2.05, 4.69) is 32.9 Å². The third kappa shape index (κ3) is 4.78. The number of nitrogens with one attached hydrogen (secondary N) is 1. The molecule has 1 aliphatic heterocycles. The lowest BCUT2D eigenvalue weighted by Crippen LogP contribution is -2.35. The minimum atomic E-state index is -3.65. The largest absolute Gasteiger partial charge is 0.298 e. The van der Waals surface area contributed by atoms with Crippen LogP contribution >= 0.6 is 33.9 Å². The summed E-state index contributed by atoms with van der Waals surface area (Å²) in [6.07, 6.45) is 0.688. The van der Waals surface area contributed by atoms with Gasteiger partial charge < -0.3 is 0 Å². The Morgan fingerprint density at radius 2 is 1.68 bits per heavy atom. The van der Waals surface area contributed by atoms with Crippen LogP contribution < -0.4 is 5.32 Å². The molecule has 0 fully saturated rings. The summed E-state index contributed by atoms with van der Waals surface area (Å²) in [7, 11) is -3.65. The fourth-order valence-corrected chi connectivity index (χ4v) is 6.35. The first-order valence-corrected chi connectivity index (χ1v) is 14.0. The Kier molecular flexibility index (Phi) is 6.52. The van der Waals surface area contributed by atoms with Gasteiger partial charge in [0.15, 0.2) is 5.13 Å². The summed E-state index contributed by atoms with van der Waals surface area (Å²) < 4.78 is 28.9. The second kappa shape index (κ2) is 9.57. The van der Waals surface area contributed by atoms with Crippen LogP contribution in [0, 0.1) is 3.57 Å². The maximum Gasteiger partial charge on any atom is 0.257 e. The molecule has 4 aromatic rings. The zero-order valence-corrected chi connectivity index (χ0v) is 21.7. The molecule has 0 unspecified atom stereocenters. The molecule has 3 aromatic carbocycles. The van der Waals surface area contributed by atoms with Crippen LogP contribution in [0.3, 0.4) is 0 Å². The van der Waals surface area contributed by atoms with E-state index in [9.17, 15) is 13.2 Å². The number of hydrogen-bond acceptors (Lipinski definition) is 5. The molecule has 0 aliphatic carbocycles. The molecule has 6 nitrogen and oxygen atoms in total. The summed E-state index contributed by atoms with van der Waals surface area (Å²) in [6.45, 7) is 0.794. The molecule has 1 amide bonds. The first-order chi connectivity index (χ1) is 16.4. The van der Waals surface area contributed by atoms with Gasteiger partial charge in [0.25, 0.3) is 5.91 Å². The molecular weight excluding hydrogens is 581 g/mol. The number of thiazole rings is 1. The van der Waals surface area contributed by atoms with Crippen molar-refractivity contribution < 1.29 is 13.2 Å². The number of fused-ring (bicyclic) bond motifs is 1. The normalized spacial score (nSPS) is 13.9. The number of nitrogens with zero attached hydrogens (tertiary/aromatic N) is 2. The monoisotopic (exact) mass is 601 g/mol. The Morgan fingerprint density at radius 1 is 0.971 bits per heavy atom. The van der Waals surface area contributed by atoms with E-state index in [1.807, 2.05) is 53.9 Å². The van der Waals surface area contributed by atoms with Crippen molar-refractivity contribution in [2.75, 3.05) is 11.9 Å². The fourth-order valence-electron chi connectivity index (χ4n) is 3.86. The number of hydrogen-bond donors (Lipinski definition) is 1. The lowest BCUT2D eigenvalue weighted by Gasteiger charge is -2.28. The maximum absolute atomic E-state index is 13.1. The first-order valence-electron chi connectivity index (χ1n) is 10.6. The topological polar surface area (TPSA) is 79.4 Å². The lowest BCUT2D eigenvalue weighted by atomic mass is 10.0. The van der Waals surface area contributed by atoms with Crippen molar-refractivity contribution in [3.63, 3.8) is 0 Å². The van der Waals surface area contributed by atoms with Crippen LogP contribution in [0.25, 0.3) is 11.3 Å². The van der Waals surface area contributed by atoms with Gasteiger partial charge in [0, 0.05) is 33.2 Å². The molecule has 172 valence electrons. The molecular formula is C25H20IN3O3S2. The first kappa shape index (κ1) is 23.2. The number of sulfonamides is 1. The van der Waals surface area contributed by atoms with E-state index >= 15 is 0 Å². The van der Waals surface area contributed by atoms with Gasteiger partial charge in [-0.15, -0.1) is 11.3 Å². The maximum atomic E-state index is 13.1. The van der Waals surface area contributed by atoms with E-state index in [0.717, 1.165) is 20.4 Å². The van der Waals surface area contributed by atoms with Gasteiger partial charge >= 0.3 is 0 Å². The Labute approximate surface area is 215 Å². The lowest BCUT2D eigenvalue weighted by molar-refractivity contribution is 0.102. The minimum Gasteiger partial charge on any atom is -0.298 e. The highest BCUT2D eigenvalue weighted by atomic mass is 127. The summed E-state index contributed by atoms with van der Waals surface area (Å²) in [5, 5.41) is 5.18. The van der Waals surface area contributed by atoms with Crippen molar-refractivity contribution in [1.29, 1.82) is 0 Å². The Hall–Kier alpha value is -2.60. The molecule has 1 N–H and O–H groups in total. The number of benzene rings is 3. The highest BCUT2D eigenvalue weighted by Gasteiger charge is 2.28. The Morgan fingerprint density at radius 3 is 2.41 bits per heavy atom. The summed E-state index contributed by atoms with van der Waals surface area (Å²) in [4.78, 5) is 17.4. The zero-order chi connectivity index (χ0) is 23.7. The third-order valence-corrected chi connectivity index (χ3v) is 9.05. The van der Waals surface area contributed by atoms with Crippen LogP contribution in [0.5, 0.6) is 0 Å². The Bertz CT molecular complexity index is 1450. The second-order valence-electron chi connectivity index (χ2n) is 7.88. The van der Waals surface area contributed by atoms with Crippen molar-refractivity contribution in [1.82, 2.24) is 9.29 Å². The summed E-state index contributed by atoms with van der Waals surface area (Å²) in [5.41, 5.74) is 4.36. The molecule has 1 aromatic heterocycles. The quantitative estimate of drug-likeness (QED) is 0.310. The SMILES string of the molecule is O=C(Nc1nc(-c2ccc(I)cc2)cs1)c1ccc(S(=O)(=O)N2CCc3ccccc3C2)cc1. The molecule has 0 spiro atoms. The van der Waals surface area contributed by atoms with Gasteiger partial charge in [0.2, 0.25) is 10.0 Å². The van der Waals surface area contributed by atoms with E-state index in [1.165, 1.54) is 45.5 Å². The van der Waals surface area contributed by atoms with Crippen molar-refractivity contribution in [3.05, 3.63) is 98.4 Å². The van der Waals surface area contributed by atoms with E-state index in [4.69, 9.17) is 0 Å². The number of halogens is 1. The number of rotatable bonds is 5. The van der Waals surface area contributed by atoms with Crippen LogP contribution in [0.1, 0.15) is 21.5 Å². The predicted molar refractivity (Wildman–Crippen MR) is 142 cm³/mol. The van der Waals surface area contributed by atoms with E-state index < -0.39 is 10.0 Å². The van der Waals surface area contributed by atoms with Crippen LogP contribution in [0.2, 0.25) is 0 Å². The van der Waals surface area contributed by atoms with Crippen molar-refractivity contribution >= 4 is 55.0 Å². The van der Waals surface area contributed by atoms with Crippen LogP contribution in [0.15, 0.2) is 83.1 Å². The van der Waals surface area contributed by atoms with E-state index in [-0.39, 0.29) is 10.8 Å². The zero-order valence-electron chi connectivity index (χ0n) is 17.9. The molecule has 5 rings (SSSR count). The van der Waals surface area contributed by atoms with Gasteiger partial charge in [0.05, 0.1) is 10.6 Å². The van der Waals surface area contributed by atoms with Crippen molar-refractivity contribution in [2.24, 2.45) is 0 Å². The van der Waals surface area contributed by atoms with Gasteiger partial charge in [0.1, 0.15) is 0 Å². The average molecular weight is 601 g/mol. The molecule has 0 radical (unpaired) electrons. The standard InChI is InChI=1S/C25H20IN3O3S2/c26-21-9-5-18(6-10-21)23-16-33-25(27-23)28-24(30)19-7-11-22(12-8-19)34(31,32)29-14-13-17-3-1-2-4-20(17)15-29/h1-12,16H,13-15H2,(H,27,28,30). The van der Waals surface area contributed by atoms with Crippen molar-refractivity contribution in [3.8, 4) is 11.3 Å². The molecule has 34 heavy (non-hydrogen) atoms. The average Bonchev–Trinajstić information content (AvgIpc) is 3.32. The highest BCUT2D eigenvalue weighted by Crippen LogP contribution is 2.27. The van der Waals surface area contributed by atoms with E-state index in [1.54, 1.807) is 0 Å². The van der Waals surface area contributed by atoms with Crippen LogP contribution in [0.4, 0.5) is 5.13 Å². The highest BCUT2D eigenvalue weighted by molar-refractivity contribution is 14.1. The van der Waals surface area contributed by atoms with Gasteiger partial charge in [-0.2, -0.15) is 4.31 Å². The number of aromatic nitrogens is 1. The fraction of sp³-hybridized carbons (Fsp3) is 0.120. The van der Waals surface area contributed by atoms with Crippen molar-refractivity contribution in [2.45, 2.75) is 17.9 Å². The summed E-state index contributed by atoms with van der Waals surface area (Å²) >= 11 is 3.59.